The standard InChI is InChI=1S/C14H11ClN6S.C2H6O.C2H4O/c1-21-12-10(11(16)17-6-18-12)20-14(21)22-13-9(15)7-4-2-3-5-8(7)19-13;2*1-2-3/h2-6,19H,1H3,(H2,16,17,18);3H,2H2,1H3;2H,1H3. The highest BCUT2D eigenvalue weighted by molar-refractivity contribution is 7.99. The van der Waals surface area contributed by atoms with Gasteiger partial charge in [0.25, 0.3) is 0 Å². The van der Waals surface area contributed by atoms with Crippen LogP contribution in [0, 0.1) is 0 Å². The molecular formula is C18H21ClN6O2S. The second kappa shape index (κ2) is 10.1. The maximum atomic E-state index is 8.81. The number of nitrogens with two attached hydrogens (primary N) is 1. The van der Waals surface area contributed by atoms with Gasteiger partial charge in [0.1, 0.15) is 12.6 Å². The van der Waals surface area contributed by atoms with Gasteiger partial charge in [0.2, 0.25) is 0 Å². The van der Waals surface area contributed by atoms with Gasteiger partial charge in [-0.1, -0.05) is 29.8 Å². The van der Waals surface area contributed by atoms with Crippen molar-refractivity contribution in [2.45, 2.75) is 24.0 Å². The highest BCUT2D eigenvalue weighted by atomic mass is 35.5. The molecule has 10 heteroatoms. The van der Waals surface area contributed by atoms with E-state index in [1.807, 2.05) is 35.9 Å². The van der Waals surface area contributed by atoms with E-state index in [0.29, 0.717) is 22.0 Å². The Balaban J connectivity index is 0.000000418. The smallest absolute Gasteiger partial charge is 0.176 e. The summed E-state index contributed by atoms with van der Waals surface area (Å²) in [6.45, 7) is 3.38. The molecule has 8 nitrogen and oxygen atoms in total. The first-order chi connectivity index (χ1) is 13.5. The molecule has 1 aromatic carbocycles. The zero-order valence-electron chi connectivity index (χ0n) is 15.7. The van der Waals surface area contributed by atoms with E-state index in [9.17, 15) is 0 Å². The lowest BCUT2D eigenvalue weighted by atomic mass is 10.2. The van der Waals surface area contributed by atoms with E-state index in [1.165, 1.54) is 25.0 Å². The molecule has 0 spiro atoms. The molecule has 0 saturated carbocycles. The van der Waals surface area contributed by atoms with Crippen molar-refractivity contribution in [3.63, 3.8) is 0 Å². The third-order valence-corrected chi connectivity index (χ3v) is 5.01. The third kappa shape index (κ3) is 4.61. The van der Waals surface area contributed by atoms with Crippen molar-refractivity contribution in [3.8, 4) is 0 Å². The number of hydrogen-bond acceptors (Lipinski definition) is 7. The summed E-state index contributed by atoms with van der Waals surface area (Å²) >= 11 is 7.89. The molecule has 0 fully saturated rings. The predicted octanol–water partition coefficient (Wildman–Crippen LogP) is 3.44. The number of H-pyrrole nitrogens is 1. The largest absolute Gasteiger partial charge is 0.397 e. The number of imidazole rings is 1. The van der Waals surface area contributed by atoms with Crippen molar-refractivity contribution in [2.24, 2.45) is 7.05 Å². The molecule has 0 unspecified atom stereocenters. The van der Waals surface area contributed by atoms with Crippen molar-refractivity contribution >= 4 is 57.5 Å². The Labute approximate surface area is 171 Å². The zero-order valence-corrected chi connectivity index (χ0v) is 17.3. The van der Waals surface area contributed by atoms with Crippen LogP contribution in [0.15, 0.2) is 40.8 Å². The number of aldehydes is 1. The molecule has 3 aromatic heterocycles. The minimum absolute atomic E-state index is 0.250. The number of aliphatic hydroxyl groups excluding tert-OH is 1. The maximum Gasteiger partial charge on any atom is 0.176 e. The zero-order chi connectivity index (χ0) is 20.7. The second-order valence-corrected chi connectivity index (χ2v) is 6.71. The van der Waals surface area contributed by atoms with Crippen molar-refractivity contribution < 1.29 is 9.90 Å². The number of halogens is 1. The topological polar surface area (TPSA) is 123 Å². The van der Waals surface area contributed by atoms with E-state index in [2.05, 4.69) is 19.9 Å². The molecule has 0 radical (unpaired) electrons. The molecule has 0 bridgehead atoms. The summed E-state index contributed by atoms with van der Waals surface area (Å²) in [4.78, 5) is 24.8. The Morgan fingerprint density at radius 1 is 1.36 bits per heavy atom. The molecular weight excluding hydrogens is 400 g/mol. The van der Waals surface area contributed by atoms with Crippen LogP contribution in [0.25, 0.3) is 22.1 Å². The lowest BCUT2D eigenvalue weighted by Gasteiger charge is -2.00. The van der Waals surface area contributed by atoms with Gasteiger partial charge in [-0.3, -0.25) is 0 Å². The van der Waals surface area contributed by atoms with E-state index >= 15 is 0 Å². The first kappa shape index (κ1) is 21.7. The number of fused-ring (bicyclic) bond motifs is 2. The number of para-hydroxylation sites is 1. The number of nitrogen functional groups attached to an aromatic ring is 1. The molecule has 28 heavy (non-hydrogen) atoms. The Hall–Kier alpha value is -2.62. The quantitative estimate of drug-likeness (QED) is 0.424. The summed E-state index contributed by atoms with van der Waals surface area (Å²) in [5, 5.41) is 10.8. The molecule has 0 saturated heterocycles. The van der Waals surface area contributed by atoms with Gasteiger partial charge in [-0.25, -0.2) is 15.0 Å². The molecule has 0 aliphatic heterocycles. The van der Waals surface area contributed by atoms with Crippen LogP contribution in [0.3, 0.4) is 0 Å². The monoisotopic (exact) mass is 420 g/mol. The molecule has 0 aliphatic carbocycles. The number of carbonyl (C=O) groups is 1. The van der Waals surface area contributed by atoms with E-state index in [0.717, 1.165) is 27.4 Å². The van der Waals surface area contributed by atoms with E-state index in [4.69, 9.17) is 27.2 Å². The van der Waals surface area contributed by atoms with Crippen LogP contribution in [0.1, 0.15) is 13.8 Å². The van der Waals surface area contributed by atoms with Gasteiger partial charge in [0.05, 0.1) is 10.0 Å². The summed E-state index contributed by atoms with van der Waals surface area (Å²) < 4.78 is 1.87. The second-order valence-electron chi connectivity index (χ2n) is 5.35. The van der Waals surface area contributed by atoms with Crippen LogP contribution < -0.4 is 5.73 Å². The average Bonchev–Trinajstić information content (AvgIpc) is 3.16. The average molecular weight is 421 g/mol. The van der Waals surface area contributed by atoms with Gasteiger partial charge in [-0.15, -0.1) is 0 Å². The SMILES string of the molecule is CC=O.CCO.Cn1c(Sc2[nH]c3ccccc3c2Cl)nc2c(N)ncnc21. The summed E-state index contributed by atoms with van der Waals surface area (Å²) in [6, 6.07) is 7.90. The number of carbonyl (C=O) groups excluding carboxylic acids is 1. The van der Waals surface area contributed by atoms with E-state index < -0.39 is 0 Å². The van der Waals surface area contributed by atoms with Crippen LogP contribution >= 0.6 is 23.4 Å². The lowest BCUT2D eigenvalue weighted by molar-refractivity contribution is -0.106. The molecule has 3 heterocycles. The van der Waals surface area contributed by atoms with Crippen LogP contribution in [-0.2, 0) is 11.8 Å². The van der Waals surface area contributed by atoms with Gasteiger partial charge in [0, 0.05) is 24.6 Å². The Morgan fingerprint density at radius 3 is 2.61 bits per heavy atom. The Kier molecular flexibility index (Phi) is 7.80. The summed E-state index contributed by atoms with van der Waals surface area (Å²) in [5.74, 6) is 0.371. The van der Waals surface area contributed by atoms with Crippen molar-refractivity contribution in [1.29, 1.82) is 0 Å². The molecule has 4 rings (SSSR count). The number of aryl methyl sites for hydroxylation is 1. The van der Waals surface area contributed by atoms with E-state index in [1.54, 1.807) is 6.92 Å². The number of rotatable bonds is 2. The Bertz CT molecular complexity index is 1080. The normalized spacial score (nSPS) is 10.2. The molecule has 0 amide bonds. The van der Waals surface area contributed by atoms with Crippen molar-refractivity contribution in [3.05, 3.63) is 35.6 Å². The van der Waals surface area contributed by atoms with Crippen LogP contribution in [0.4, 0.5) is 5.82 Å². The number of anilines is 1. The van der Waals surface area contributed by atoms with Crippen LogP contribution in [0.5, 0.6) is 0 Å². The molecule has 148 valence electrons. The number of hydrogen-bond donors (Lipinski definition) is 3. The van der Waals surface area contributed by atoms with Crippen LogP contribution in [0.2, 0.25) is 5.02 Å². The fraction of sp³-hybridized carbons (Fsp3) is 0.222. The number of benzene rings is 1. The van der Waals surface area contributed by atoms with Crippen molar-refractivity contribution in [1.82, 2.24) is 24.5 Å². The van der Waals surface area contributed by atoms with Gasteiger partial charge in [-0.05, 0) is 31.7 Å². The molecule has 0 atom stereocenters. The van der Waals surface area contributed by atoms with E-state index in [-0.39, 0.29) is 6.61 Å². The summed E-state index contributed by atoms with van der Waals surface area (Å²) in [6.07, 6.45) is 2.18. The maximum absolute atomic E-state index is 8.81. The van der Waals surface area contributed by atoms with Gasteiger partial charge in [-0.2, -0.15) is 0 Å². The first-order valence-electron chi connectivity index (χ1n) is 8.35. The number of nitrogens with zero attached hydrogens (tertiary/aromatic N) is 4. The minimum atomic E-state index is 0.250. The highest BCUT2D eigenvalue weighted by Crippen LogP contribution is 2.37. The number of aromatic amines is 1. The van der Waals surface area contributed by atoms with Gasteiger partial charge < -0.3 is 25.2 Å². The fourth-order valence-corrected chi connectivity index (χ4v) is 3.56. The molecule has 4 aromatic rings. The third-order valence-electron chi connectivity index (χ3n) is 3.45. The summed E-state index contributed by atoms with van der Waals surface area (Å²) in [7, 11) is 1.89. The highest BCUT2D eigenvalue weighted by Gasteiger charge is 2.16. The fourth-order valence-electron chi connectivity index (χ4n) is 2.33. The Morgan fingerprint density at radius 2 is 2.00 bits per heavy atom. The first-order valence-corrected chi connectivity index (χ1v) is 9.55. The number of aromatic nitrogens is 5. The molecule has 0 aliphatic rings. The minimum Gasteiger partial charge on any atom is -0.397 e. The number of aliphatic hydroxyl groups is 1. The van der Waals surface area contributed by atoms with Crippen molar-refractivity contribution in [2.75, 3.05) is 12.3 Å². The van der Waals surface area contributed by atoms with Gasteiger partial charge in [0.15, 0.2) is 22.1 Å². The number of nitrogens with one attached hydrogen (secondary N) is 1. The lowest BCUT2D eigenvalue weighted by Crippen LogP contribution is -1.95. The van der Waals surface area contributed by atoms with Gasteiger partial charge >= 0.3 is 0 Å². The molecule has 4 N–H and O–H groups in total. The van der Waals surface area contributed by atoms with Crippen LogP contribution in [-0.4, -0.2) is 42.5 Å². The predicted molar refractivity (Wildman–Crippen MR) is 113 cm³/mol. The summed E-state index contributed by atoms with van der Waals surface area (Å²) in [5.41, 5.74) is 8.14.